The predicted molar refractivity (Wildman–Crippen MR) is 87.7 cm³/mol. The molecule has 0 aliphatic carbocycles. The second-order valence-electron chi connectivity index (χ2n) is 5.45. The van der Waals surface area contributed by atoms with Gasteiger partial charge in [0.25, 0.3) is 5.69 Å². The van der Waals surface area contributed by atoms with Crippen LogP contribution in [0.3, 0.4) is 0 Å². The normalized spacial score (nSPS) is 12.5. The summed E-state index contributed by atoms with van der Waals surface area (Å²) in [5.74, 6) is -0.0784. The molecule has 1 heterocycles. The van der Waals surface area contributed by atoms with Gasteiger partial charge in [-0.25, -0.2) is 4.79 Å². The topological polar surface area (TPSA) is 108 Å². The van der Waals surface area contributed by atoms with Crippen LogP contribution < -0.4 is 14.2 Å². The first-order valence-electron chi connectivity index (χ1n) is 7.26. The minimum atomic E-state index is -1.27. The van der Waals surface area contributed by atoms with Crippen molar-refractivity contribution in [1.29, 1.82) is 0 Å². The van der Waals surface area contributed by atoms with Crippen LogP contribution in [0.4, 0.5) is 5.69 Å². The van der Waals surface area contributed by atoms with Gasteiger partial charge in [-0.15, -0.1) is 0 Å². The highest BCUT2D eigenvalue weighted by Crippen LogP contribution is 2.45. The third-order valence-electron chi connectivity index (χ3n) is 4.18. The molecular formula is C17H11NO7. The van der Waals surface area contributed by atoms with E-state index in [1.807, 2.05) is 0 Å². The van der Waals surface area contributed by atoms with Crippen molar-refractivity contribution in [1.82, 2.24) is 0 Å². The molecule has 0 radical (unpaired) electrons. The molecule has 0 bridgehead atoms. The molecule has 0 unspecified atom stereocenters. The van der Waals surface area contributed by atoms with Gasteiger partial charge in [0.05, 0.1) is 29.0 Å². The van der Waals surface area contributed by atoms with Crippen LogP contribution in [0.15, 0.2) is 30.3 Å². The lowest BCUT2D eigenvalue weighted by Gasteiger charge is -2.11. The Balaban J connectivity index is 2.26. The van der Waals surface area contributed by atoms with Gasteiger partial charge in [0.2, 0.25) is 6.79 Å². The molecular weight excluding hydrogens is 330 g/mol. The highest BCUT2D eigenvalue weighted by Gasteiger charge is 2.26. The van der Waals surface area contributed by atoms with Crippen LogP contribution in [0.2, 0.25) is 0 Å². The summed E-state index contributed by atoms with van der Waals surface area (Å²) in [6, 6.07) is 7.59. The van der Waals surface area contributed by atoms with Crippen LogP contribution in [0.5, 0.6) is 17.2 Å². The Labute approximate surface area is 140 Å². The molecule has 0 atom stereocenters. The van der Waals surface area contributed by atoms with E-state index >= 15 is 0 Å². The number of aromatic carboxylic acids is 1. The fourth-order valence-corrected chi connectivity index (χ4v) is 3.12. The molecule has 0 aromatic heterocycles. The molecule has 0 saturated carbocycles. The average Bonchev–Trinajstić information content (AvgIpc) is 3.08. The summed E-state index contributed by atoms with van der Waals surface area (Å²) in [4.78, 5) is 22.6. The molecule has 0 fully saturated rings. The van der Waals surface area contributed by atoms with Crippen molar-refractivity contribution in [3.63, 3.8) is 0 Å². The second kappa shape index (κ2) is 5.23. The van der Waals surface area contributed by atoms with Gasteiger partial charge in [0, 0.05) is 10.8 Å². The number of nitro groups is 1. The molecule has 3 aromatic carbocycles. The van der Waals surface area contributed by atoms with E-state index in [0.717, 1.165) is 0 Å². The third-order valence-corrected chi connectivity index (χ3v) is 4.18. The maximum absolute atomic E-state index is 11.8. The summed E-state index contributed by atoms with van der Waals surface area (Å²) >= 11 is 0. The minimum absolute atomic E-state index is 0.0349. The van der Waals surface area contributed by atoms with E-state index in [1.165, 1.54) is 19.2 Å². The monoisotopic (exact) mass is 341 g/mol. The molecule has 8 nitrogen and oxygen atoms in total. The number of nitrogens with zero attached hydrogens (tertiary/aromatic N) is 1. The van der Waals surface area contributed by atoms with E-state index in [1.54, 1.807) is 18.2 Å². The zero-order chi connectivity index (χ0) is 17.7. The summed E-state index contributed by atoms with van der Waals surface area (Å²) in [6.45, 7) is 0.0349. The summed E-state index contributed by atoms with van der Waals surface area (Å²) in [7, 11) is 1.39. The summed E-state index contributed by atoms with van der Waals surface area (Å²) in [5, 5.41) is 22.7. The van der Waals surface area contributed by atoms with Gasteiger partial charge < -0.3 is 19.3 Å². The molecule has 1 aliphatic heterocycles. The van der Waals surface area contributed by atoms with E-state index in [0.29, 0.717) is 27.7 Å². The van der Waals surface area contributed by atoms with Crippen molar-refractivity contribution in [2.24, 2.45) is 0 Å². The van der Waals surface area contributed by atoms with Gasteiger partial charge >= 0.3 is 5.97 Å². The number of non-ortho nitro benzene ring substituents is 1. The van der Waals surface area contributed by atoms with Crippen molar-refractivity contribution >= 4 is 33.2 Å². The molecule has 3 aromatic rings. The van der Waals surface area contributed by atoms with Crippen LogP contribution in [0, 0.1) is 10.1 Å². The van der Waals surface area contributed by atoms with Crippen LogP contribution in [0.1, 0.15) is 10.4 Å². The number of hydrogen-bond donors (Lipinski definition) is 1. The molecule has 0 amide bonds. The Morgan fingerprint density at radius 3 is 2.68 bits per heavy atom. The van der Waals surface area contributed by atoms with Crippen LogP contribution >= 0.6 is 0 Å². The standard InChI is InChI=1S/C17H11NO7/c1-23-8-4-10-9-2-3-14-16(25-7-24-14)11(9)6-12(17(19)20)15(10)13(5-8)18(21)22/h2-6H,7H2,1H3,(H,19,20). The van der Waals surface area contributed by atoms with E-state index in [9.17, 15) is 20.0 Å². The molecule has 25 heavy (non-hydrogen) atoms. The van der Waals surface area contributed by atoms with Gasteiger partial charge in [0.15, 0.2) is 11.5 Å². The second-order valence-corrected chi connectivity index (χ2v) is 5.45. The minimum Gasteiger partial charge on any atom is -0.496 e. The van der Waals surface area contributed by atoms with Crippen molar-refractivity contribution < 1.29 is 29.0 Å². The molecule has 1 aliphatic rings. The smallest absolute Gasteiger partial charge is 0.336 e. The lowest BCUT2D eigenvalue weighted by molar-refractivity contribution is -0.383. The predicted octanol–water partition coefficient (Wildman–Crippen LogP) is 3.34. The Morgan fingerprint density at radius 1 is 1.20 bits per heavy atom. The SMILES string of the molecule is COc1cc([N+](=O)[O-])c2c(C(=O)O)cc3c4c(ccc3c2c1)OCO4. The Kier molecular flexibility index (Phi) is 3.14. The lowest BCUT2D eigenvalue weighted by atomic mass is 9.95. The van der Waals surface area contributed by atoms with E-state index in [-0.39, 0.29) is 29.2 Å². The first kappa shape index (κ1) is 15.0. The maximum Gasteiger partial charge on any atom is 0.336 e. The van der Waals surface area contributed by atoms with Crippen molar-refractivity contribution in [2.45, 2.75) is 0 Å². The van der Waals surface area contributed by atoms with Crippen molar-refractivity contribution in [3.8, 4) is 17.2 Å². The summed E-state index contributed by atoms with van der Waals surface area (Å²) in [6.07, 6.45) is 0. The van der Waals surface area contributed by atoms with Gasteiger partial charge in [-0.05, 0) is 29.7 Å². The van der Waals surface area contributed by atoms with Gasteiger partial charge in [0.1, 0.15) is 5.75 Å². The highest BCUT2D eigenvalue weighted by molar-refractivity contribution is 6.20. The van der Waals surface area contributed by atoms with Gasteiger partial charge in [-0.2, -0.15) is 0 Å². The molecule has 1 N–H and O–H groups in total. The quantitative estimate of drug-likeness (QED) is 0.442. The van der Waals surface area contributed by atoms with Crippen molar-refractivity contribution in [3.05, 3.63) is 46.0 Å². The number of carboxylic acid groups (broad SMARTS) is 1. The zero-order valence-electron chi connectivity index (χ0n) is 12.9. The number of benzene rings is 3. The Bertz CT molecular complexity index is 1070. The summed E-state index contributed by atoms with van der Waals surface area (Å²) < 4.78 is 15.9. The molecule has 0 spiro atoms. The van der Waals surface area contributed by atoms with E-state index in [4.69, 9.17) is 14.2 Å². The largest absolute Gasteiger partial charge is 0.496 e. The zero-order valence-corrected chi connectivity index (χ0v) is 12.9. The number of carbonyl (C=O) groups is 1. The molecule has 8 heteroatoms. The number of hydrogen-bond acceptors (Lipinski definition) is 6. The number of fused-ring (bicyclic) bond motifs is 5. The number of rotatable bonds is 3. The highest BCUT2D eigenvalue weighted by atomic mass is 16.7. The number of carboxylic acids is 1. The number of ether oxygens (including phenoxy) is 3. The number of nitro benzene ring substituents is 1. The van der Waals surface area contributed by atoms with Crippen LogP contribution in [-0.2, 0) is 0 Å². The van der Waals surface area contributed by atoms with Crippen LogP contribution in [0.25, 0.3) is 21.5 Å². The van der Waals surface area contributed by atoms with Crippen LogP contribution in [-0.4, -0.2) is 29.9 Å². The number of methoxy groups -OCH3 is 1. The molecule has 4 rings (SSSR count). The molecule has 126 valence electrons. The third kappa shape index (κ3) is 2.11. The first-order valence-corrected chi connectivity index (χ1v) is 7.26. The van der Waals surface area contributed by atoms with Gasteiger partial charge in [-0.3, -0.25) is 10.1 Å². The average molecular weight is 341 g/mol. The maximum atomic E-state index is 11.8. The van der Waals surface area contributed by atoms with Gasteiger partial charge in [-0.1, -0.05) is 0 Å². The van der Waals surface area contributed by atoms with Crippen molar-refractivity contribution in [2.75, 3.05) is 13.9 Å². The molecule has 0 saturated heterocycles. The Morgan fingerprint density at radius 2 is 2.00 bits per heavy atom. The van der Waals surface area contributed by atoms with E-state index < -0.39 is 10.9 Å². The first-order chi connectivity index (χ1) is 12.0. The lowest BCUT2D eigenvalue weighted by Crippen LogP contribution is -2.02. The fraction of sp³-hybridized carbons (Fsp3) is 0.118. The fourth-order valence-electron chi connectivity index (χ4n) is 3.12. The van der Waals surface area contributed by atoms with E-state index in [2.05, 4.69) is 0 Å². The summed E-state index contributed by atoms with van der Waals surface area (Å²) in [5.41, 5.74) is -0.507. The Hall–Kier alpha value is -3.55.